The van der Waals surface area contributed by atoms with Gasteiger partial charge in [-0.15, -0.1) is 0 Å². The van der Waals surface area contributed by atoms with Crippen LogP contribution in [-0.4, -0.2) is 12.1 Å². The van der Waals surface area contributed by atoms with Crippen molar-refractivity contribution in [3.8, 4) is 0 Å². The highest BCUT2D eigenvalue weighted by atomic mass is 16.5. The first-order valence-electron chi connectivity index (χ1n) is 14.0. The number of esters is 1. The summed E-state index contributed by atoms with van der Waals surface area (Å²) in [7, 11) is 0. The molecule has 0 bridgehead atoms. The molecule has 3 aliphatic rings. The first-order valence-corrected chi connectivity index (χ1v) is 14.0. The Balaban J connectivity index is 1.67. The second-order valence-corrected chi connectivity index (χ2v) is 12.0. The van der Waals surface area contributed by atoms with Gasteiger partial charge in [0, 0.05) is 12.8 Å². The maximum atomic E-state index is 12.0. The molecule has 3 fully saturated rings. The van der Waals surface area contributed by atoms with Crippen molar-refractivity contribution in [2.45, 2.75) is 124 Å². The van der Waals surface area contributed by atoms with E-state index in [0.29, 0.717) is 11.8 Å². The summed E-state index contributed by atoms with van der Waals surface area (Å²) >= 11 is 0. The van der Waals surface area contributed by atoms with Crippen LogP contribution in [0, 0.1) is 29.1 Å². The van der Waals surface area contributed by atoms with Gasteiger partial charge in [0.15, 0.2) is 0 Å². The smallest absolute Gasteiger partial charge is 0.306 e. The fraction of sp³-hybridized carbons (Fsp3) is 0.774. The molecule has 0 heterocycles. The Hall–Kier alpha value is -1.31. The van der Waals surface area contributed by atoms with E-state index in [9.17, 15) is 4.79 Å². The summed E-state index contributed by atoms with van der Waals surface area (Å²) < 4.78 is 5.73. The number of rotatable bonds is 9. The lowest BCUT2D eigenvalue weighted by Gasteiger charge is -2.44. The Kier molecular flexibility index (Phi) is 9.48. The Bertz CT molecular complexity index is 742. The molecule has 33 heavy (non-hydrogen) atoms. The van der Waals surface area contributed by atoms with Crippen molar-refractivity contribution in [1.82, 2.24) is 0 Å². The third-order valence-electron chi connectivity index (χ3n) is 9.09. The van der Waals surface area contributed by atoms with Gasteiger partial charge in [0.1, 0.15) is 6.10 Å². The summed E-state index contributed by atoms with van der Waals surface area (Å²) in [5.74, 6) is 3.24. The van der Waals surface area contributed by atoms with Crippen LogP contribution < -0.4 is 0 Å². The van der Waals surface area contributed by atoms with E-state index in [1.54, 1.807) is 5.57 Å². The van der Waals surface area contributed by atoms with E-state index in [-0.39, 0.29) is 12.1 Å². The SMILES string of the molecule is C=C1CC[C@H](OC(=O)CCC)CC1=CC=C1CCC[C@]2(C)[C@@H]([C@H](C)CCCC(C)C)CC[C@@H]12. The summed E-state index contributed by atoms with van der Waals surface area (Å²) in [6.07, 6.45) is 19.8. The van der Waals surface area contributed by atoms with Gasteiger partial charge in [0.2, 0.25) is 0 Å². The Morgan fingerprint density at radius 1 is 1.15 bits per heavy atom. The minimum Gasteiger partial charge on any atom is -0.462 e. The van der Waals surface area contributed by atoms with E-state index < -0.39 is 0 Å². The molecule has 0 aromatic rings. The van der Waals surface area contributed by atoms with E-state index in [0.717, 1.165) is 49.4 Å². The van der Waals surface area contributed by atoms with Crippen LogP contribution in [0.25, 0.3) is 0 Å². The van der Waals surface area contributed by atoms with E-state index in [4.69, 9.17) is 4.74 Å². The number of ether oxygens (including phenoxy) is 1. The van der Waals surface area contributed by atoms with Gasteiger partial charge in [-0.05, 0) is 86.0 Å². The molecule has 3 rings (SSSR count). The second kappa shape index (κ2) is 11.9. The van der Waals surface area contributed by atoms with Crippen LogP contribution in [0.3, 0.4) is 0 Å². The van der Waals surface area contributed by atoms with Crippen molar-refractivity contribution in [2.24, 2.45) is 29.1 Å². The first kappa shape index (κ1) is 26.3. The summed E-state index contributed by atoms with van der Waals surface area (Å²) in [6.45, 7) is 16.2. The average Bonchev–Trinajstić information content (AvgIpc) is 3.11. The molecular formula is C31H50O2. The van der Waals surface area contributed by atoms with Gasteiger partial charge < -0.3 is 4.74 Å². The highest BCUT2D eigenvalue weighted by Crippen LogP contribution is 2.60. The molecule has 0 radical (unpaired) electrons. The molecule has 0 amide bonds. The van der Waals surface area contributed by atoms with Crippen molar-refractivity contribution in [2.75, 3.05) is 0 Å². The zero-order valence-electron chi connectivity index (χ0n) is 22.3. The van der Waals surface area contributed by atoms with Gasteiger partial charge in [-0.3, -0.25) is 4.79 Å². The molecule has 2 nitrogen and oxygen atoms in total. The Morgan fingerprint density at radius 2 is 1.94 bits per heavy atom. The quantitative estimate of drug-likeness (QED) is 0.325. The molecule has 5 atom stereocenters. The Morgan fingerprint density at radius 3 is 2.67 bits per heavy atom. The van der Waals surface area contributed by atoms with Gasteiger partial charge in [-0.25, -0.2) is 0 Å². The van der Waals surface area contributed by atoms with Crippen molar-refractivity contribution in [3.63, 3.8) is 0 Å². The maximum absolute atomic E-state index is 12.0. The van der Waals surface area contributed by atoms with Crippen LogP contribution in [0.4, 0.5) is 0 Å². The number of allylic oxidation sites excluding steroid dienone is 4. The fourth-order valence-corrected chi connectivity index (χ4v) is 7.19. The molecular weight excluding hydrogens is 404 g/mol. The van der Waals surface area contributed by atoms with Crippen molar-refractivity contribution in [3.05, 3.63) is 35.5 Å². The molecule has 3 aliphatic carbocycles. The standard InChI is InChI=1S/C31H50O2/c1-7-10-30(32)33-27-17-14-23(4)26(21-27)16-15-25-13-9-20-31(6)28(18-19-29(25)31)24(5)12-8-11-22(2)3/h15-16,22,24,27-29H,4,7-14,17-21H2,1-3,5-6H3/t24-,27+,28-,29+,31-/m1/s1. The highest BCUT2D eigenvalue weighted by Gasteiger charge is 2.50. The van der Waals surface area contributed by atoms with E-state index in [1.165, 1.54) is 62.5 Å². The average molecular weight is 455 g/mol. The lowest BCUT2D eigenvalue weighted by Crippen LogP contribution is -2.36. The third kappa shape index (κ3) is 6.64. The van der Waals surface area contributed by atoms with Gasteiger partial charge in [-0.1, -0.05) is 83.8 Å². The predicted molar refractivity (Wildman–Crippen MR) is 140 cm³/mol. The van der Waals surface area contributed by atoms with Crippen LogP contribution in [0.15, 0.2) is 35.5 Å². The minimum atomic E-state index is -0.0460. The normalized spacial score (nSPS) is 33.5. The summed E-state index contributed by atoms with van der Waals surface area (Å²) in [4.78, 5) is 12.0. The first-order chi connectivity index (χ1) is 15.7. The molecule has 0 saturated heterocycles. The van der Waals surface area contributed by atoms with Gasteiger partial charge in [0.25, 0.3) is 0 Å². The van der Waals surface area contributed by atoms with Gasteiger partial charge >= 0.3 is 5.97 Å². The summed E-state index contributed by atoms with van der Waals surface area (Å²) in [6, 6.07) is 0. The van der Waals surface area contributed by atoms with Gasteiger partial charge in [-0.2, -0.15) is 0 Å². The molecule has 0 aromatic heterocycles. The van der Waals surface area contributed by atoms with Crippen LogP contribution in [0.1, 0.15) is 118 Å². The number of fused-ring (bicyclic) bond motifs is 1. The molecule has 0 spiro atoms. The highest BCUT2D eigenvalue weighted by molar-refractivity contribution is 5.69. The lowest BCUT2D eigenvalue weighted by atomic mass is 9.60. The second-order valence-electron chi connectivity index (χ2n) is 12.0. The van der Waals surface area contributed by atoms with Crippen LogP contribution in [0.2, 0.25) is 0 Å². The molecule has 2 heteroatoms. The number of hydrogen-bond acceptors (Lipinski definition) is 2. The zero-order valence-corrected chi connectivity index (χ0v) is 22.3. The largest absolute Gasteiger partial charge is 0.462 e. The van der Waals surface area contributed by atoms with Gasteiger partial charge in [0.05, 0.1) is 0 Å². The van der Waals surface area contributed by atoms with E-state index >= 15 is 0 Å². The molecule has 0 aliphatic heterocycles. The summed E-state index contributed by atoms with van der Waals surface area (Å²) in [5, 5.41) is 0. The Labute approximate surface area is 204 Å². The number of carbonyl (C=O) groups is 1. The van der Waals surface area contributed by atoms with Crippen LogP contribution in [-0.2, 0) is 9.53 Å². The molecule has 3 saturated carbocycles. The molecule has 0 unspecified atom stereocenters. The molecule has 186 valence electrons. The van der Waals surface area contributed by atoms with Crippen LogP contribution >= 0.6 is 0 Å². The number of carbonyl (C=O) groups excluding carboxylic acids is 1. The lowest BCUT2D eigenvalue weighted by molar-refractivity contribution is -0.149. The van der Waals surface area contributed by atoms with Crippen molar-refractivity contribution >= 4 is 5.97 Å². The van der Waals surface area contributed by atoms with E-state index in [2.05, 4.69) is 46.4 Å². The maximum Gasteiger partial charge on any atom is 0.306 e. The minimum absolute atomic E-state index is 0.0263. The van der Waals surface area contributed by atoms with Crippen molar-refractivity contribution in [1.29, 1.82) is 0 Å². The fourth-order valence-electron chi connectivity index (χ4n) is 7.19. The summed E-state index contributed by atoms with van der Waals surface area (Å²) in [5.41, 5.74) is 4.68. The molecule has 0 N–H and O–H groups in total. The van der Waals surface area contributed by atoms with Crippen molar-refractivity contribution < 1.29 is 9.53 Å². The van der Waals surface area contributed by atoms with Crippen LogP contribution in [0.5, 0.6) is 0 Å². The molecule has 0 aromatic carbocycles. The topological polar surface area (TPSA) is 26.3 Å². The number of hydrogen-bond donors (Lipinski definition) is 0. The third-order valence-corrected chi connectivity index (χ3v) is 9.09. The predicted octanol–water partition coefficient (Wildman–Crippen LogP) is 8.97. The monoisotopic (exact) mass is 454 g/mol. The zero-order chi connectivity index (χ0) is 24.0. The van der Waals surface area contributed by atoms with E-state index in [1.807, 2.05) is 6.92 Å².